The van der Waals surface area contributed by atoms with Crippen LogP contribution in [-0.2, 0) is 18.7 Å². The molecule has 2 heterocycles. The van der Waals surface area contributed by atoms with Gasteiger partial charge in [-0.05, 0) is 27.9 Å². The number of benzene rings is 2. The van der Waals surface area contributed by atoms with E-state index in [0.29, 0.717) is 6.42 Å². The molecule has 4 rings (SSSR count). The van der Waals surface area contributed by atoms with Crippen molar-refractivity contribution in [3.05, 3.63) is 83.4 Å². The first-order valence-electron chi connectivity index (χ1n) is 13.0. The third-order valence-corrected chi connectivity index (χ3v) is 12.3. The van der Waals surface area contributed by atoms with Gasteiger partial charge in [0.2, 0.25) is 0 Å². The Morgan fingerprint density at radius 1 is 1.05 bits per heavy atom. The minimum Gasteiger partial charge on any atom is -0.457 e. The fraction of sp³-hybridized carbons (Fsp3) is 0.414. The summed E-state index contributed by atoms with van der Waals surface area (Å²) in [5, 5.41) is 2.12. The van der Waals surface area contributed by atoms with E-state index in [2.05, 4.69) is 50.0 Å². The first-order chi connectivity index (χ1) is 18.1. The van der Waals surface area contributed by atoms with Gasteiger partial charge in [0, 0.05) is 19.0 Å². The molecule has 0 bridgehead atoms. The summed E-state index contributed by atoms with van der Waals surface area (Å²) in [6, 6.07) is 22.3. The van der Waals surface area contributed by atoms with Crippen molar-refractivity contribution < 1.29 is 18.7 Å². The highest BCUT2D eigenvalue weighted by Gasteiger charge is 2.53. The first kappa shape index (κ1) is 27.8. The second kappa shape index (κ2) is 11.2. The van der Waals surface area contributed by atoms with Crippen LogP contribution in [0.5, 0.6) is 0 Å². The molecule has 1 aliphatic heterocycles. The van der Waals surface area contributed by atoms with E-state index in [1.54, 1.807) is 0 Å². The van der Waals surface area contributed by atoms with E-state index in [9.17, 15) is 9.59 Å². The minimum absolute atomic E-state index is 0.117. The Morgan fingerprint density at radius 3 is 2.11 bits per heavy atom. The highest BCUT2D eigenvalue weighted by Crippen LogP contribution is 2.41. The third kappa shape index (κ3) is 5.32. The molecule has 4 atom stereocenters. The highest BCUT2D eigenvalue weighted by atomic mass is 28.4. The van der Waals surface area contributed by atoms with E-state index in [1.807, 2.05) is 43.3 Å². The number of aromatic nitrogens is 2. The van der Waals surface area contributed by atoms with Crippen LogP contribution in [0, 0.1) is 5.92 Å². The van der Waals surface area contributed by atoms with Crippen molar-refractivity contribution in [2.45, 2.75) is 64.5 Å². The number of nitrogens with two attached hydrogens (primary N) is 1. The molecule has 0 unspecified atom stereocenters. The predicted molar refractivity (Wildman–Crippen MR) is 150 cm³/mol. The molecule has 2 aromatic carbocycles. The average molecular weight is 536 g/mol. The molecule has 0 radical (unpaired) electrons. The molecule has 38 heavy (non-hydrogen) atoms. The maximum absolute atomic E-state index is 12.7. The van der Waals surface area contributed by atoms with Crippen LogP contribution in [0.4, 0.5) is 5.82 Å². The van der Waals surface area contributed by atoms with Gasteiger partial charge in [-0.1, -0.05) is 88.4 Å². The van der Waals surface area contributed by atoms with Crippen LogP contribution in [-0.4, -0.2) is 42.7 Å². The molecular weight excluding hydrogens is 498 g/mol. The van der Waals surface area contributed by atoms with Crippen LogP contribution in [0.15, 0.2) is 77.7 Å². The summed E-state index contributed by atoms with van der Waals surface area (Å²) in [7, 11) is -2.82. The quantitative estimate of drug-likeness (QED) is 0.349. The van der Waals surface area contributed by atoms with Crippen LogP contribution in [0.25, 0.3) is 0 Å². The van der Waals surface area contributed by atoms with E-state index in [4.69, 9.17) is 19.6 Å². The van der Waals surface area contributed by atoms with Crippen molar-refractivity contribution in [3.8, 4) is 0 Å². The van der Waals surface area contributed by atoms with Gasteiger partial charge < -0.3 is 19.6 Å². The molecule has 1 aromatic heterocycles. The molecule has 1 saturated heterocycles. The van der Waals surface area contributed by atoms with Gasteiger partial charge in [-0.25, -0.2) is 4.79 Å². The Bertz CT molecular complexity index is 1250. The Morgan fingerprint density at radius 2 is 1.63 bits per heavy atom. The van der Waals surface area contributed by atoms with Gasteiger partial charge in [-0.2, -0.15) is 4.98 Å². The smallest absolute Gasteiger partial charge is 0.351 e. The molecule has 0 aliphatic carbocycles. The summed E-state index contributed by atoms with van der Waals surface area (Å²) in [5.41, 5.74) is 5.14. The van der Waals surface area contributed by atoms with Crippen LogP contribution < -0.4 is 21.8 Å². The number of esters is 1. The zero-order chi connectivity index (χ0) is 27.5. The molecule has 0 spiro atoms. The fourth-order valence-electron chi connectivity index (χ4n) is 5.59. The SMILES string of the molecule is CC[C@H]1[C@@H](OC(C)=O)[C@H](n2ccc(N)nc2=O)O[C@@H]1CO[Si](c1ccccc1)(c1ccccc1)C(C)(C)C. The van der Waals surface area contributed by atoms with Crippen molar-refractivity contribution in [2.24, 2.45) is 5.92 Å². The Kier molecular flexibility index (Phi) is 8.20. The van der Waals surface area contributed by atoms with Gasteiger partial charge >= 0.3 is 11.7 Å². The van der Waals surface area contributed by atoms with Gasteiger partial charge in [-0.3, -0.25) is 9.36 Å². The summed E-state index contributed by atoms with van der Waals surface area (Å²) in [4.78, 5) is 28.6. The van der Waals surface area contributed by atoms with Gasteiger partial charge in [0.05, 0.1) is 12.7 Å². The van der Waals surface area contributed by atoms with Crippen LogP contribution >= 0.6 is 0 Å². The van der Waals surface area contributed by atoms with Gasteiger partial charge in [-0.15, -0.1) is 0 Å². The standard InChI is InChI=1S/C29H37N3O5Si/c1-6-23-24(37-27(26(23)36-20(2)33)32-18-17-25(30)31-28(32)34)19-35-38(29(3,4)5,21-13-9-7-10-14-21)22-15-11-8-12-16-22/h7-18,23-24,26-27H,6,19H2,1-5H3,(H2,30,31,34)/t23-,24-,26-,27-/m1/s1. The summed E-state index contributed by atoms with van der Waals surface area (Å²) in [6.07, 6.45) is 0.274. The molecule has 2 N–H and O–H groups in total. The molecule has 1 fully saturated rings. The van der Waals surface area contributed by atoms with Gasteiger partial charge in [0.25, 0.3) is 8.32 Å². The minimum atomic E-state index is -2.82. The lowest BCUT2D eigenvalue weighted by atomic mass is 9.95. The molecule has 1 aliphatic rings. The average Bonchev–Trinajstić information content (AvgIpc) is 3.21. The number of nitrogens with zero attached hydrogens (tertiary/aromatic N) is 2. The third-order valence-electron chi connectivity index (χ3n) is 7.27. The number of nitrogen functional groups attached to an aromatic ring is 1. The largest absolute Gasteiger partial charge is 0.457 e. The zero-order valence-corrected chi connectivity index (χ0v) is 23.7. The highest BCUT2D eigenvalue weighted by molar-refractivity contribution is 6.99. The number of ether oxygens (including phenoxy) is 2. The maximum Gasteiger partial charge on any atom is 0.351 e. The molecular formula is C29H37N3O5Si. The van der Waals surface area contributed by atoms with E-state index < -0.39 is 38.4 Å². The zero-order valence-electron chi connectivity index (χ0n) is 22.7. The normalized spacial score (nSPS) is 21.8. The summed E-state index contributed by atoms with van der Waals surface area (Å²) in [6.45, 7) is 10.3. The van der Waals surface area contributed by atoms with Crippen LogP contribution in [0.2, 0.25) is 5.04 Å². The number of rotatable bonds is 8. The van der Waals surface area contributed by atoms with Crippen molar-refractivity contribution in [2.75, 3.05) is 12.3 Å². The van der Waals surface area contributed by atoms with E-state index >= 15 is 0 Å². The summed E-state index contributed by atoms with van der Waals surface area (Å²) >= 11 is 0. The Balaban J connectivity index is 1.74. The number of anilines is 1. The summed E-state index contributed by atoms with van der Waals surface area (Å²) in [5.74, 6) is -0.509. The van der Waals surface area contributed by atoms with Crippen LogP contribution in [0.3, 0.4) is 0 Å². The Hall–Kier alpha value is -3.27. The second-order valence-corrected chi connectivity index (χ2v) is 15.0. The number of carbonyl (C=O) groups excluding carboxylic acids is 1. The van der Waals surface area contributed by atoms with Crippen molar-refractivity contribution >= 4 is 30.5 Å². The fourth-order valence-corrected chi connectivity index (χ4v) is 10.2. The van der Waals surface area contributed by atoms with Crippen molar-refractivity contribution in [1.29, 1.82) is 0 Å². The van der Waals surface area contributed by atoms with Crippen molar-refractivity contribution in [1.82, 2.24) is 9.55 Å². The Labute approximate surface area is 224 Å². The van der Waals surface area contributed by atoms with E-state index in [-0.39, 0.29) is 23.4 Å². The molecule has 202 valence electrons. The van der Waals surface area contributed by atoms with E-state index in [1.165, 1.54) is 23.8 Å². The first-order valence-corrected chi connectivity index (χ1v) is 14.9. The topological polar surface area (TPSA) is 106 Å². The maximum atomic E-state index is 12.7. The van der Waals surface area contributed by atoms with Gasteiger partial charge in [0.15, 0.2) is 12.3 Å². The molecule has 3 aromatic rings. The van der Waals surface area contributed by atoms with Crippen LogP contribution in [0.1, 0.15) is 47.3 Å². The van der Waals surface area contributed by atoms with E-state index in [0.717, 1.165) is 10.4 Å². The summed E-state index contributed by atoms with van der Waals surface area (Å²) < 4.78 is 20.7. The molecule has 0 saturated carbocycles. The number of carbonyl (C=O) groups is 1. The number of hydrogen-bond acceptors (Lipinski definition) is 7. The monoisotopic (exact) mass is 535 g/mol. The lowest BCUT2D eigenvalue weighted by Crippen LogP contribution is -2.67. The van der Waals surface area contributed by atoms with Crippen molar-refractivity contribution in [3.63, 3.8) is 0 Å². The van der Waals surface area contributed by atoms with Gasteiger partial charge in [0.1, 0.15) is 5.82 Å². The predicted octanol–water partition coefficient (Wildman–Crippen LogP) is 3.26. The lowest BCUT2D eigenvalue weighted by Gasteiger charge is -2.43. The number of hydrogen-bond donors (Lipinski definition) is 1. The molecule has 0 amide bonds. The molecule has 9 heteroatoms. The second-order valence-electron chi connectivity index (χ2n) is 10.7. The lowest BCUT2D eigenvalue weighted by molar-refractivity contribution is -0.154. The molecule has 8 nitrogen and oxygen atoms in total.